The second-order valence-corrected chi connectivity index (χ2v) is 12.9. The second kappa shape index (κ2) is 11.6. The Labute approximate surface area is 216 Å². The van der Waals surface area contributed by atoms with E-state index in [4.69, 9.17) is 9.47 Å². The largest absolute Gasteiger partial charge is 0.496 e. The summed E-state index contributed by atoms with van der Waals surface area (Å²) in [6.07, 6.45) is 4.83. The van der Waals surface area contributed by atoms with Crippen LogP contribution in [-0.4, -0.2) is 57.5 Å². The van der Waals surface area contributed by atoms with Crippen molar-refractivity contribution in [3.8, 4) is 16.9 Å². The van der Waals surface area contributed by atoms with Gasteiger partial charge in [-0.05, 0) is 75.3 Å². The lowest BCUT2D eigenvalue weighted by Crippen LogP contribution is -2.44. The first-order valence-corrected chi connectivity index (χ1v) is 14.5. The minimum absolute atomic E-state index is 0.0425. The minimum Gasteiger partial charge on any atom is -0.496 e. The molecule has 0 atom stereocenters. The van der Waals surface area contributed by atoms with E-state index in [0.29, 0.717) is 12.6 Å². The molecule has 1 saturated carbocycles. The van der Waals surface area contributed by atoms with Crippen LogP contribution in [0.3, 0.4) is 0 Å². The van der Waals surface area contributed by atoms with E-state index < -0.39 is 15.4 Å². The number of carbonyl (C=O) groups excluding carboxylic acids is 1. The quantitative estimate of drug-likeness (QED) is 0.521. The van der Waals surface area contributed by atoms with Crippen molar-refractivity contribution in [1.29, 1.82) is 0 Å². The molecule has 2 aromatic rings. The summed E-state index contributed by atoms with van der Waals surface area (Å²) in [5.41, 5.74) is 3.45. The van der Waals surface area contributed by atoms with Crippen molar-refractivity contribution in [1.82, 2.24) is 10.2 Å². The van der Waals surface area contributed by atoms with Gasteiger partial charge >= 0.3 is 6.09 Å². The van der Waals surface area contributed by atoms with Gasteiger partial charge in [0.05, 0.1) is 12.9 Å². The fourth-order valence-electron chi connectivity index (χ4n) is 4.60. The van der Waals surface area contributed by atoms with Gasteiger partial charge in [0.15, 0.2) is 9.84 Å². The van der Waals surface area contributed by atoms with E-state index in [1.807, 2.05) is 64.2 Å². The summed E-state index contributed by atoms with van der Waals surface area (Å²) in [5.74, 6) is 0.874. The van der Waals surface area contributed by atoms with E-state index in [1.54, 1.807) is 12.0 Å². The van der Waals surface area contributed by atoms with Gasteiger partial charge < -0.3 is 19.7 Å². The highest BCUT2D eigenvalue weighted by Gasteiger charge is 2.29. The summed E-state index contributed by atoms with van der Waals surface area (Å²) in [7, 11) is 0.448. The number of hydrogen-bond acceptors (Lipinski definition) is 6. The van der Waals surface area contributed by atoms with Crippen LogP contribution in [0.15, 0.2) is 42.5 Å². The smallest absolute Gasteiger partial charge is 0.410 e. The zero-order chi connectivity index (χ0) is 26.5. The Morgan fingerprint density at radius 3 is 2.19 bits per heavy atom. The van der Waals surface area contributed by atoms with Crippen molar-refractivity contribution < 1.29 is 22.7 Å². The van der Waals surface area contributed by atoms with Crippen LogP contribution >= 0.6 is 0 Å². The van der Waals surface area contributed by atoms with E-state index in [2.05, 4.69) is 11.4 Å². The van der Waals surface area contributed by atoms with E-state index in [0.717, 1.165) is 53.7 Å². The molecule has 0 spiro atoms. The number of carbonyl (C=O) groups is 1. The van der Waals surface area contributed by atoms with Crippen LogP contribution < -0.4 is 10.1 Å². The molecule has 1 aliphatic carbocycles. The Bertz CT molecular complexity index is 1130. The van der Waals surface area contributed by atoms with E-state index in [-0.39, 0.29) is 17.9 Å². The van der Waals surface area contributed by atoms with Crippen LogP contribution in [0.1, 0.15) is 57.6 Å². The molecule has 3 rings (SSSR count). The zero-order valence-electron chi connectivity index (χ0n) is 22.3. The third-order valence-electron chi connectivity index (χ3n) is 6.50. The fourth-order valence-corrected chi connectivity index (χ4v) is 5.39. The van der Waals surface area contributed by atoms with Gasteiger partial charge in [-0.25, -0.2) is 13.2 Å². The Morgan fingerprint density at radius 1 is 1.03 bits per heavy atom. The molecule has 1 N–H and O–H groups in total. The topological polar surface area (TPSA) is 84.9 Å². The molecule has 0 bridgehead atoms. The molecule has 0 aliphatic heterocycles. The molecule has 36 heavy (non-hydrogen) atoms. The highest BCUT2D eigenvalue weighted by Crippen LogP contribution is 2.29. The lowest BCUT2D eigenvalue weighted by Gasteiger charge is -2.36. The molecule has 7 nitrogen and oxygen atoms in total. The first-order chi connectivity index (χ1) is 16.8. The molecule has 1 aliphatic rings. The average molecular weight is 517 g/mol. The first kappa shape index (κ1) is 28.0. The van der Waals surface area contributed by atoms with Crippen molar-refractivity contribution in [3.63, 3.8) is 0 Å². The summed E-state index contributed by atoms with van der Waals surface area (Å²) in [5, 5.41) is 3.67. The Hall–Kier alpha value is -2.58. The van der Waals surface area contributed by atoms with Crippen LogP contribution in [0.2, 0.25) is 0 Å². The number of rotatable bonds is 8. The van der Waals surface area contributed by atoms with Crippen molar-refractivity contribution in [2.24, 2.45) is 0 Å². The highest BCUT2D eigenvalue weighted by molar-refractivity contribution is 7.89. The maximum absolute atomic E-state index is 12.4. The van der Waals surface area contributed by atoms with E-state index in [9.17, 15) is 13.2 Å². The Balaban J connectivity index is 1.59. The molecule has 0 heterocycles. The van der Waals surface area contributed by atoms with Crippen molar-refractivity contribution >= 4 is 15.9 Å². The molecule has 1 fully saturated rings. The summed E-state index contributed by atoms with van der Waals surface area (Å²) >= 11 is 0. The maximum Gasteiger partial charge on any atom is 0.410 e. The highest BCUT2D eigenvalue weighted by atomic mass is 32.2. The molecule has 198 valence electrons. The maximum atomic E-state index is 12.4. The first-order valence-electron chi connectivity index (χ1n) is 12.5. The number of amides is 1. The SMILES string of the molecule is COc1ccc(-c2ccc(CS(C)(=O)=O)cc2)cc1CN[C@H]1CC[C@H](N(C)C(=O)OC(C)(C)C)CC1. The Kier molecular flexibility index (Phi) is 9.06. The second-order valence-electron chi connectivity index (χ2n) is 10.8. The molecule has 0 radical (unpaired) electrons. The number of benzene rings is 2. The molecule has 1 amide bonds. The molecule has 8 heteroatoms. The van der Waals surface area contributed by atoms with Crippen LogP contribution in [0.5, 0.6) is 5.75 Å². The number of ether oxygens (including phenoxy) is 2. The van der Waals surface area contributed by atoms with E-state index in [1.165, 1.54) is 6.26 Å². The lowest BCUT2D eigenvalue weighted by atomic mass is 9.90. The monoisotopic (exact) mass is 516 g/mol. The predicted molar refractivity (Wildman–Crippen MR) is 144 cm³/mol. The summed E-state index contributed by atoms with van der Waals surface area (Å²) in [6.45, 7) is 6.34. The number of nitrogens with zero attached hydrogens (tertiary/aromatic N) is 1. The molecule has 2 aromatic carbocycles. The van der Waals surface area contributed by atoms with Crippen LogP contribution in [0, 0.1) is 0 Å². The van der Waals surface area contributed by atoms with Crippen molar-refractivity contribution in [2.75, 3.05) is 20.4 Å². The van der Waals surface area contributed by atoms with Crippen molar-refractivity contribution in [3.05, 3.63) is 53.6 Å². The zero-order valence-corrected chi connectivity index (χ0v) is 23.2. The lowest BCUT2D eigenvalue weighted by molar-refractivity contribution is 0.0179. The molecular weight excluding hydrogens is 476 g/mol. The van der Waals surface area contributed by atoms with Crippen LogP contribution in [0.25, 0.3) is 11.1 Å². The Morgan fingerprint density at radius 2 is 1.64 bits per heavy atom. The van der Waals surface area contributed by atoms with Crippen molar-refractivity contribution in [2.45, 2.75) is 76.4 Å². The molecule has 0 aromatic heterocycles. The van der Waals surface area contributed by atoms with E-state index >= 15 is 0 Å². The third-order valence-corrected chi connectivity index (χ3v) is 7.36. The van der Waals surface area contributed by atoms with Gasteiger partial charge in [-0.3, -0.25) is 0 Å². The third kappa shape index (κ3) is 8.23. The van der Waals surface area contributed by atoms with Gasteiger partial charge in [-0.15, -0.1) is 0 Å². The van der Waals surface area contributed by atoms with Crippen LogP contribution in [0.4, 0.5) is 4.79 Å². The number of nitrogens with one attached hydrogen (secondary N) is 1. The normalized spacial score (nSPS) is 18.5. The van der Waals surface area contributed by atoms with Gasteiger partial charge in [0.1, 0.15) is 11.4 Å². The van der Waals surface area contributed by atoms with Gasteiger partial charge in [-0.2, -0.15) is 0 Å². The minimum atomic E-state index is -3.06. The number of methoxy groups -OCH3 is 1. The average Bonchev–Trinajstić information content (AvgIpc) is 2.81. The number of hydrogen-bond donors (Lipinski definition) is 1. The molecule has 0 saturated heterocycles. The summed E-state index contributed by atoms with van der Waals surface area (Å²) in [6, 6.07) is 14.3. The summed E-state index contributed by atoms with van der Waals surface area (Å²) < 4.78 is 34.2. The van der Waals surface area contributed by atoms with Gasteiger partial charge in [-0.1, -0.05) is 30.3 Å². The van der Waals surface area contributed by atoms with Gasteiger partial charge in [0.2, 0.25) is 0 Å². The number of sulfone groups is 1. The standard InChI is InChI=1S/C28H40N2O5S/c1-28(2,3)35-27(31)30(4)25-14-12-24(13-15-25)29-18-23-17-22(11-16-26(23)34-5)21-9-7-20(8-10-21)19-36(6,32)33/h7-11,16-17,24-25,29H,12-15,18-19H2,1-6H3/t24-,25-. The van der Waals surface area contributed by atoms with Gasteiger partial charge in [0.25, 0.3) is 0 Å². The molecule has 0 unspecified atom stereocenters. The van der Waals surface area contributed by atoms with Crippen LogP contribution in [-0.2, 0) is 26.9 Å². The van der Waals surface area contributed by atoms with Gasteiger partial charge in [0, 0.05) is 37.5 Å². The predicted octanol–water partition coefficient (Wildman–Crippen LogP) is 5.17. The summed E-state index contributed by atoms with van der Waals surface area (Å²) in [4.78, 5) is 14.1. The fraction of sp³-hybridized carbons (Fsp3) is 0.536. The molecular formula is C28H40N2O5S.